The number of aliphatic imine (C=N–C) groups is 1. The second-order valence-corrected chi connectivity index (χ2v) is 7.58. The fraction of sp³-hybridized carbons (Fsp3) is 0.435. The first-order valence-corrected chi connectivity index (χ1v) is 10.5. The Bertz CT molecular complexity index is 827. The highest BCUT2D eigenvalue weighted by molar-refractivity contribution is 14.0. The molecule has 2 aromatic carbocycles. The summed E-state index contributed by atoms with van der Waals surface area (Å²) in [5.74, 6) is -0.00594. The molecule has 2 aromatic rings. The Morgan fingerprint density at radius 1 is 1.13 bits per heavy atom. The summed E-state index contributed by atoms with van der Waals surface area (Å²) < 4.78 is 26.9. The van der Waals surface area contributed by atoms with Gasteiger partial charge in [0.25, 0.3) is 0 Å². The standard InChI is InChI=1S/C23H30F2N4O.HI/c1-2-26-23(27-15-22(30)20-5-3-4-6-21(20)25)28-19-11-13-29(14-12-19)16-17-7-9-18(24)10-8-17;/h3-10,19,22,30H,2,11-16H2,1H3,(H2,26,27,28);1H. The highest BCUT2D eigenvalue weighted by Gasteiger charge is 2.20. The van der Waals surface area contributed by atoms with E-state index in [9.17, 15) is 13.9 Å². The van der Waals surface area contributed by atoms with Gasteiger partial charge in [0.2, 0.25) is 0 Å². The summed E-state index contributed by atoms with van der Waals surface area (Å²) >= 11 is 0. The molecule has 0 aliphatic carbocycles. The molecule has 1 atom stereocenters. The molecular weight excluding hydrogens is 513 g/mol. The van der Waals surface area contributed by atoms with E-state index in [1.165, 1.54) is 18.2 Å². The molecule has 0 radical (unpaired) electrons. The van der Waals surface area contributed by atoms with Gasteiger partial charge < -0.3 is 15.7 Å². The molecule has 1 fully saturated rings. The lowest BCUT2D eigenvalue weighted by atomic mass is 10.0. The second-order valence-electron chi connectivity index (χ2n) is 7.58. The monoisotopic (exact) mass is 544 g/mol. The van der Waals surface area contributed by atoms with Crippen LogP contribution in [0.3, 0.4) is 0 Å². The maximum Gasteiger partial charge on any atom is 0.191 e. The van der Waals surface area contributed by atoms with Crippen molar-refractivity contribution in [1.29, 1.82) is 0 Å². The van der Waals surface area contributed by atoms with Crippen molar-refractivity contribution in [2.75, 3.05) is 26.2 Å². The minimum absolute atomic E-state index is 0. The molecule has 170 valence electrons. The molecule has 1 heterocycles. The van der Waals surface area contributed by atoms with E-state index in [-0.39, 0.29) is 47.9 Å². The van der Waals surface area contributed by atoms with E-state index >= 15 is 0 Å². The number of rotatable bonds is 7. The number of halogens is 3. The first kappa shape index (κ1) is 25.5. The lowest BCUT2D eigenvalue weighted by Gasteiger charge is -2.33. The molecule has 8 heteroatoms. The van der Waals surface area contributed by atoms with E-state index < -0.39 is 11.9 Å². The zero-order valence-corrected chi connectivity index (χ0v) is 20.1. The smallest absolute Gasteiger partial charge is 0.191 e. The number of nitrogens with one attached hydrogen (secondary N) is 2. The molecule has 5 nitrogen and oxygen atoms in total. The van der Waals surface area contributed by atoms with Gasteiger partial charge in [0, 0.05) is 37.8 Å². The predicted molar refractivity (Wildman–Crippen MR) is 131 cm³/mol. The molecule has 1 aliphatic rings. The van der Waals surface area contributed by atoms with Crippen molar-refractivity contribution in [3.8, 4) is 0 Å². The van der Waals surface area contributed by atoms with Crippen molar-refractivity contribution in [2.45, 2.75) is 38.5 Å². The third kappa shape index (κ3) is 8.01. The molecule has 3 rings (SSSR count). The van der Waals surface area contributed by atoms with E-state index in [1.807, 2.05) is 19.1 Å². The van der Waals surface area contributed by atoms with Crippen LogP contribution in [0, 0.1) is 11.6 Å². The SMILES string of the molecule is CCNC(=NCC(O)c1ccccc1F)NC1CCN(Cc2ccc(F)cc2)CC1.I. The van der Waals surface area contributed by atoms with Gasteiger partial charge in [-0.3, -0.25) is 9.89 Å². The molecule has 0 aromatic heterocycles. The van der Waals surface area contributed by atoms with Crippen LogP contribution < -0.4 is 10.6 Å². The number of likely N-dealkylation sites (tertiary alicyclic amines) is 1. The zero-order chi connectivity index (χ0) is 21.3. The Kier molecular flexibility index (Phi) is 10.6. The number of aliphatic hydroxyl groups is 1. The summed E-state index contributed by atoms with van der Waals surface area (Å²) in [6.45, 7) is 5.45. The summed E-state index contributed by atoms with van der Waals surface area (Å²) in [4.78, 5) is 6.81. The number of guanidine groups is 1. The Morgan fingerprint density at radius 3 is 2.45 bits per heavy atom. The molecule has 0 amide bonds. The van der Waals surface area contributed by atoms with Gasteiger partial charge in [-0.05, 0) is 43.5 Å². The summed E-state index contributed by atoms with van der Waals surface area (Å²) in [6, 6.07) is 13.2. The van der Waals surface area contributed by atoms with Crippen LogP contribution in [-0.4, -0.2) is 48.2 Å². The van der Waals surface area contributed by atoms with Gasteiger partial charge in [0.15, 0.2) is 5.96 Å². The highest BCUT2D eigenvalue weighted by atomic mass is 127. The minimum Gasteiger partial charge on any atom is -0.386 e. The number of nitrogens with zero attached hydrogens (tertiary/aromatic N) is 2. The normalized spacial score (nSPS) is 16.5. The number of hydrogen-bond donors (Lipinski definition) is 3. The summed E-state index contributed by atoms with van der Waals surface area (Å²) in [5.41, 5.74) is 1.37. The topological polar surface area (TPSA) is 59.9 Å². The molecule has 0 bridgehead atoms. The average Bonchev–Trinajstić information content (AvgIpc) is 2.75. The van der Waals surface area contributed by atoms with Crippen LogP contribution in [0.15, 0.2) is 53.5 Å². The van der Waals surface area contributed by atoms with E-state index in [4.69, 9.17) is 0 Å². The largest absolute Gasteiger partial charge is 0.386 e. The molecule has 1 saturated heterocycles. The Morgan fingerprint density at radius 2 is 1.81 bits per heavy atom. The summed E-state index contributed by atoms with van der Waals surface area (Å²) in [6.07, 6.45) is 0.933. The van der Waals surface area contributed by atoms with Crippen molar-refractivity contribution in [2.24, 2.45) is 4.99 Å². The van der Waals surface area contributed by atoms with Gasteiger partial charge >= 0.3 is 0 Å². The van der Waals surface area contributed by atoms with E-state index in [2.05, 4.69) is 20.5 Å². The third-order valence-corrected chi connectivity index (χ3v) is 5.28. The van der Waals surface area contributed by atoms with Crippen molar-refractivity contribution >= 4 is 29.9 Å². The minimum atomic E-state index is -0.987. The second kappa shape index (κ2) is 12.9. The van der Waals surface area contributed by atoms with Crippen LogP contribution in [0.1, 0.15) is 37.0 Å². The van der Waals surface area contributed by atoms with Crippen LogP contribution >= 0.6 is 24.0 Å². The molecule has 0 saturated carbocycles. The van der Waals surface area contributed by atoms with E-state index in [0.29, 0.717) is 12.5 Å². The molecular formula is C23H31F2IN4O. The van der Waals surface area contributed by atoms with E-state index in [1.54, 1.807) is 18.2 Å². The van der Waals surface area contributed by atoms with Gasteiger partial charge in [0.1, 0.15) is 17.7 Å². The number of aliphatic hydroxyl groups excluding tert-OH is 1. The Labute approximate surface area is 200 Å². The molecule has 1 aliphatic heterocycles. The number of hydrogen-bond acceptors (Lipinski definition) is 3. The average molecular weight is 544 g/mol. The van der Waals surface area contributed by atoms with E-state index in [0.717, 1.165) is 38.0 Å². The van der Waals surface area contributed by atoms with Crippen molar-refractivity contribution in [1.82, 2.24) is 15.5 Å². The number of piperidine rings is 1. The predicted octanol–water partition coefficient (Wildman–Crippen LogP) is 3.84. The molecule has 1 unspecified atom stereocenters. The van der Waals surface area contributed by atoms with Crippen molar-refractivity contribution in [3.05, 3.63) is 71.3 Å². The fourth-order valence-electron chi connectivity index (χ4n) is 3.62. The van der Waals surface area contributed by atoms with Crippen LogP contribution in [-0.2, 0) is 6.54 Å². The van der Waals surface area contributed by atoms with Gasteiger partial charge in [-0.2, -0.15) is 0 Å². The summed E-state index contributed by atoms with van der Waals surface area (Å²) in [7, 11) is 0. The maximum atomic E-state index is 13.8. The van der Waals surface area contributed by atoms with Crippen LogP contribution in [0.4, 0.5) is 8.78 Å². The Hall–Kier alpha value is -1.78. The van der Waals surface area contributed by atoms with Gasteiger partial charge in [-0.15, -0.1) is 24.0 Å². The van der Waals surface area contributed by atoms with Crippen molar-refractivity contribution < 1.29 is 13.9 Å². The first-order chi connectivity index (χ1) is 14.5. The van der Waals surface area contributed by atoms with Crippen molar-refractivity contribution in [3.63, 3.8) is 0 Å². The summed E-state index contributed by atoms with van der Waals surface area (Å²) in [5, 5.41) is 16.9. The maximum absolute atomic E-state index is 13.8. The third-order valence-electron chi connectivity index (χ3n) is 5.28. The van der Waals surface area contributed by atoms with Crippen LogP contribution in [0.25, 0.3) is 0 Å². The molecule has 31 heavy (non-hydrogen) atoms. The van der Waals surface area contributed by atoms with Gasteiger partial charge in [-0.25, -0.2) is 8.78 Å². The lowest BCUT2D eigenvalue weighted by molar-refractivity contribution is 0.181. The fourth-order valence-corrected chi connectivity index (χ4v) is 3.62. The van der Waals surface area contributed by atoms with Gasteiger partial charge in [-0.1, -0.05) is 30.3 Å². The zero-order valence-electron chi connectivity index (χ0n) is 17.7. The van der Waals surface area contributed by atoms with Crippen LogP contribution in [0.2, 0.25) is 0 Å². The first-order valence-electron chi connectivity index (χ1n) is 10.5. The number of benzene rings is 2. The highest BCUT2D eigenvalue weighted by Crippen LogP contribution is 2.17. The lowest BCUT2D eigenvalue weighted by Crippen LogP contribution is -2.48. The van der Waals surface area contributed by atoms with Gasteiger partial charge in [0.05, 0.1) is 6.54 Å². The quantitative estimate of drug-likeness (QED) is 0.282. The van der Waals surface area contributed by atoms with Crippen LogP contribution in [0.5, 0.6) is 0 Å². The molecule has 0 spiro atoms. The molecule has 3 N–H and O–H groups in total. The Balaban J connectivity index is 0.00000341.